The van der Waals surface area contributed by atoms with E-state index < -0.39 is 0 Å². The van der Waals surface area contributed by atoms with Crippen LogP contribution in [-0.2, 0) is 10.5 Å². The summed E-state index contributed by atoms with van der Waals surface area (Å²) < 4.78 is 2.91. The van der Waals surface area contributed by atoms with Crippen LogP contribution in [-0.4, -0.2) is 19.0 Å². The van der Waals surface area contributed by atoms with Crippen molar-refractivity contribution in [1.82, 2.24) is 10.0 Å². The van der Waals surface area contributed by atoms with Crippen molar-refractivity contribution < 1.29 is 4.79 Å². The fourth-order valence-corrected chi connectivity index (χ4v) is 2.77. The summed E-state index contributed by atoms with van der Waals surface area (Å²) in [6.45, 7) is 1.86. The predicted molar refractivity (Wildman–Crippen MR) is 76.2 cm³/mol. The van der Waals surface area contributed by atoms with E-state index in [-0.39, 0.29) is 11.8 Å². The second-order valence-electron chi connectivity index (χ2n) is 4.59. The molecule has 1 fully saturated rings. The summed E-state index contributed by atoms with van der Waals surface area (Å²) >= 11 is 1.42. The molecule has 1 aromatic carbocycles. The molecule has 0 aromatic heterocycles. The lowest BCUT2D eigenvalue weighted by molar-refractivity contribution is -0.123. The quantitative estimate of drug-likeness (QED) is 0.823. The Kier molecular flexibility index (Phi) is 5.25. The summed E-state index contributed by atoms with van der Waals surface area (Å²) in [7, 11) is 0. The standard InChI is InChI=1S/C14H17N3OS/c15-9-11-1-3-12(4-2-11)10-19-17-14(18)13-5-7-16-8-6-13/h1-4,13,16H,5-8,10H2,(H,17,18). The van der Waals surface area contributed by atoms with Crippen molar-refractivity contribution in [3.8, 4) is 6.07 Å². The van der Waals surface area contributed by atoms with Crippen LogP contribution in [0.1, 0.15) is 24.0 Å². The number of hydrogen-bond donors (Lipinski definition) is 2. The van der Waals surface area contributed by atoms with Gasteiger partial charge in [0, 0.05) is 11.7 Å². The average molecular weight is 275 g/mol. The molecule has 0 spiro atoms. The first kappa shape index (κ1) is 13.9. The van der Waals surface area contributed by atoms with E-state index in [2.05, 4.69) is 16.1 Å². The number of piperidine rings is 1. The zero-order chi connectivity index (χ0) is 13.5. The summed E-state index contributed by atoms with van der Waals surface area (Å²) in [6, 6.07) is 9.52. The van der Waals surface area contributed by atoms with E-state index in [1.54, 1.807) is 12.1 Å². The SMILES string of the molecule is N#Cc1ccc(CSNC(=O)C2CCNCC2)cc1. The monoisotopic (exact) mass is 275 g/mol. The molecule has 1 aliphatic rings. The van der Waals surface area contributed by atoms with Crippen molar-refractivity contribution in [3.63, 3.8) is 0 Å². The Morgan fingerprint density at radius 1 is 1.37 bits per heavy atom. The molecule has 0 saturated carbocycles. The second-order valence-corrected chi connectivity index (χ2v) is 5.37. The summed E-state index contributed by atoms with van der Waals surface area (Å²) in [5.74, 6) is 1.01. The van der Waals surface area contributed by atoms with Crippen LogP contribution in [0.15, 0.2) is 24.3 Å². The molecule has 0 atom stereocenters. The lowest BCUT2D eigenvalue weighted by atomic mass is 9.98. The Bertz CT molecular complexity index is 461. The molecular formula is C14H17N3OS. The van der Waals surface area contributed by atoms with Crippen LogP contribution in [0.25, 0.3) is 0 Å². The number of amides is 1. The summed E-state index contributed by atoms with van der Waals surface area (Å²) in [5, 5.41) is 12.0. The highest BCUT2D eigenvalue weighted by Gasteiger charge is 2.20. The van der Waals surface area contributed by atoms with Gasteiger partial charge in [-0.25, -0.2) is 0 Å². The van der Waals surface area contributed by atoms with Gasteiger partial charge in [-0.05, 0) is 55.6 Å². The minimum Gasteiger partial charge on any atom is -0.317 e. The number of nitrogens with one attached hydrogen (secondary N) is 2. The first-order valence-electron chi connectivity index (χ1n) is 6.41. The van der Waals surface area contributed by atoms with Gasteiger partial charge in [-0.3, -0.25) is 9.52 Å². The molecule has 1 saturated heterocycles. The van der Waals surface area contributed by atoms with E-state index in [0.29, 0.717) is 5.56 Å². The van der Waals surface area contributed by atoms with Crippen LogP contribution < -0.4 is 10.0 Å². The van der Waals surface area contributed by atoms with Gasteiger partial charge in [0.05, 0.1) is 11.6 Å². The molecule has 0 bridgehead atoms. The number of rotatable bonds is 4. The number of nitriles is 1. The zero-order valence-corrected chi connectivity index (χ0v) is 11.5. The highest BCUT2D eigenvalue weighted by atomic mass is 32.2. The predicted octanol–water partition coefficient (Wildman–Crippen LogP) is 1.82. The topological polar surface area (TPSA) is 64.9 Å². The van der Waals surface area contributed by atoms with E-state index in [9.17, 15) is 4.79 Å². The molecule has 2 rings (SSSR count). The van der Waals surface area contributed by atoms with Gasteiger partial charge in [-0.15, -0.1) is 0 Å². The highest BCUT2D eigenvalue weighted by molar-refractivity contribution is 7.97. The van der Waals surface area contributed by atoms with Crippen molar-refractivity contribution >= 4 is 17.9 Å². The third-order valence-electron chi connectivity index (χ3n) is 3.20. The third-order valence-corrected chi connectivity index (χ3v) is 4.03. The van der Waals surface area contributed by atoms with Gasteiger partial charge < -0.3 is 5.32 Å². The fraction of sp³-hybridized carbons (Fsp3) is 0.429. The van der Waals surface area contributed by atoms with Crippen molar-refractivity contribution in [1.29, 1.82) is 5.26 Å². The minimum atomic E-state index is 0.139. The highest BCUT2D eigenvalue weighted by Crippen LogP contribution is 2.15. The molecule has 1 amide bonds. The smallest absolute Gasteiger partial charge is 0.233 e. The molecule has 0 radical (unpaired) electrons. The number of carbonyl (C=O) groups is 1. The minimum absolute atomic E-state index is 0.139. The van der Waals surface area contributed by atoms with Gasteiger partial charge in [0.2, 0.25) is 5.91 Å². The number of nitrogens with zero attached hydrogens (tertiary/aromatic N) is 1. The van der Waals surface area contributed by atoms with Gasteiger partial charge in [-0.2, -0.15) is 5.26 Å². The Morgan fingerprint density at radius 3 is 2.68 bits per heavy atom. The molecule has 1 heterocycles. The first-order valence-corrected chi connectivity index (χ1v) is 7.39. The molecule has 4 nitrogen and oxygen atoms in total. The molecule has 1 aromatic rings. The van der Waals surface area contributed by atoms with Gasteiger partial charge in [-0.1, -0.05) is 12.1 Å². The van der Waals surface area contributed by atoms with Crippen LogP contribution >= 0.6 is 11.9 Å². The maximum atomic E-state index is 11.9. The van der Waals surface area contributed by atoms with Crippen molar-refractivity contribution in [3.05, 3.63) is 35.4 Å². The van der Waals surface area contributed by atoms with Crippen molar-refractivity contribution in [2.24, 2.45) is 5.92 Å². The first-order chi connectivity index (χ1) is 9.29. The Balaban J connectivity index is 1.73. The van der Waals surface area contributed by atoms with E-state index in [1.807, 2.05) is 12.1 Å². The zero-order valence-electron chi connectivity index (χ0n) is 10.7. The molecular weight excluding hydrogens is 258 g/mol. The van der Waals surface area contributed by atoms with E-state index in [1.165, 1.54) is 11.9 Å². The molecule has 2 N–H and O–H groups in total. The maximum Gasteiger partial charge on any atom is 0.233 e. The van der Waals surface area contributed by atoms with Gasteiger partial charge in [0.15, 0.2) is 0 Å². The van der Waals surface area contributed by atoms with Crippen molar-refractivity contribution in [2.75, 3.05) is 13.1 Å². The molecule has 0 unspecified atom stereocenters. The lowest BCUT2D eigenvalue weighted by Gasteiger charge is -2.21. The molecule has 100 valence electrons. The van der Waals surface area contributed by atoms with Gasteiger partial charge >= 0.3 is 0 Å². The fourth-order valence-electron chi connectivity index (χ4n) is 2.03. The average Bonchev–Trinajstić information content (AvgIpc) is 2.49. The van der Waals surface area contributed by atoms with Gasteiger partial charge in [0.1, 0.15) is 0 Å². The number of benzene rings is 1. The Morgan fingerprint density at radius 2 is 2.05 bits per heavy atom. The van der Waals surface area contributed by atoms with Crippen molar-refractivity contribution in [2.45, 2.75) is 18.6 Å². The molecule has 5 heteroatoms. The van der Waals surface area contributed by atoms with E-state index in [0.717, 1.165) is 37.2 Å². The van der Waals surface area contributed by atoms with E-state index >= 15 is 0 Å². The number of hydrogen-bond acceptors (Lipinski definition) is 4. The third kappa shape index (κ3) is 4.27. The summed E-state index contributed by atoms with van der Waals surface area (Å²) in [6.07, 6.45) is 1.84. The summed E-state index contributed by atoms with van der Waals surface area (Å²) in [5.41, 5.74) is 1.77. The largest absolute Gasteiger partial charge is 0.317 e. The molecule has 0 aliphatic carbocycles. The van der Waals surface area contributed by atoms with Crippen LogP contribution in [0.4, 0.5) is 0 Å². The van der Waals surface area contributed by atoms with Crippen LogP contribution in [0, 0.1) is 17.2 Å². The van der Waals surface area contributed by atoms with Crippen LogP contribution in [0.2, 0.25) is 0 Å². The molecule has 1 aliphatic heterocycles. The Hall–Kier alpha value is -1.51. The normalized spacial score (nSPS) is 15.7. The maximum absolute atomic E-state index is 11.9. The lowest BCUT2D eigenvalue weighted by Crippen LogP contribution is -2.35. The van der Waals surface area contributed by atoms with Gasteiger partial charge in [0.25, 0.3) is 0 Å². The molecule has 19 heavy (non-hydrogen) atoms. The van der Waals surface area contributed by atoms with Crippen LogP contribution in [0.3, 0.4) is 0 Å². The van der Waals surface area contributed by atoms with Crippen LogP contribution in [0.5, 0.6) is 0 Å². The Labute approximate surface area is 117 Å². The number of carbonyl (C=O) groups excluding carboxylic acids is 1. The second kappa shape index (κ2) is 7.17. The summed E-state index contributed by atoms with van der Waals surface area (Å²) in [4.78, 5) is 11.9. The van der Waals surface area contributed by atoms with E-state index in [4.69, 9.17) is 5.26 Å².